The quantitative estimate of drug-likeness (QED) is 0.465. The largest absolute Gasteiger partial charge is 0.477 e. The van der Waals surface area contributed by atoms with E-state index < -0.39 is 11.5 Å². The molecule has 0 radical (unpaired) electrons. The molecule has 2 amide bonds. The Morgan fingerprint density at radius 2 is 2.30 bits per heavy atom. The first-order valence-corrected chi connectivity index (χ1v) is 6.53. The van der Waals surface area contributed by atoms with Crippen molar-refractivity contribution < 1.29 is 14.7 Å². The van der Waals surface area contributed by atoms with Crippen LogP contribution in [-0.2, 0) is 5.54 Å². The van der Waals surface area contributed by atoms with E-state index in [2.05, 4.69) is 27.2 Å². The number of aromatic nitrogens is 2. The van der Waals surface area contributed by atoms with Crippen molar-refractivity contribution in [2.24, 2.45) is 0 Å². The van der Waals surface area contributed by atoms with Crippen molar-refractivity contribution in [1.82, 2.24) is 20.6 Å². The Labute approximate surface area is 116 Å². The van der Waals surface area contributed by atoms with Crippen LogP contribution in [0.2, 0.25) is 0 Å². The van der Waals surface area contributed by atoms with Crippen LogP contribution < -0.4 is 10.6 Å². The smallest absolute Gasteiger partial charge is 0.353 e. The van der Waals surface area contributed by atoms with Crippen molar-refractivity contribution in [2.45, 2.75) is 31.2 Å². The van der Waals surface area contributed by atoms with Gasteiger partial charge in [0.05, 0.1) is 11.7 Å². The van der Waals surface area contributed by atoms with Crippen LogP contribution in [0.5, 0.6) is 0 Å². The maximum Gasteiger partial charge on any atom is 0.353 e. The first-order valence-electron chi connectivity index (χ1n) is 6.53. The highest BCUT2D eigenvalue weighted by Gasteiger charge is 2.42. The third kappa shape index (κ3) is 2.81. The summed E-state index contributed by atoms with van der Waals surface area (Å²) < 4.78 is 0. The number of carbonyl (C=O) groups excluding carboxylic acids is 1. The molecule has 7 nitrogen and oxygen atoms in total. The molecule has 1 aliphatic carbocycles. The summed E-state index contributed by atoms with van der Waals surface area (Å²) in [5.41, 5.74) is -0.550. The molecule has 108 valence electrons. The molecule has 0 unspecified atom stereocenters. The number of H-pyrrole nitrogens is 1. The summed E-state index contributed by atoms with van der Waals surface area (Å²) >= 11 is 0. The molecule has 1 fully saturated rings. The number of nitrogens with one attached hydrogen (secondary N) is 3. The predicted molar refractivity (Wildman–Crippen MR) is 72.4 cm³/mol. The Hall–Kier alpha value is -2.31. The fourth-order valence-electron chi connectivity index (χ4n) is 2.17. The fraction of sp³-hybridized carbons (Fsp3) is 0.462. The summed E-state index contributed by atoms with van der Waals surface area (Å²) in [5.74, 6) is -0.561. The summed E-state index contributed by atoms with van der Waals surface area (Å²) in [6.07, 6.45) is 6.16. The van der Waals surface area contributed by atoms with Gasteiger partial charge in [-0.1, -0.05) is 6.08 Å². The van der Waals surface area contributed by atoms with E-state index in [0.29, 0.717) is 18.8 Å². The molecular weight excluding hydrogens is 260 g/mol. The summed E-state index contributed by atoms with van der Waals surface area (Å²) in [4.78, 5) is 29.5. The molecule has 2 rings (SSSR count). The molecular formula is C13H18N4O3. The van der Waals surface area contributed by atoms with Crippen LogP contribution in [-0.4, -0.2) is 33.6 Å². The molecule has 20 heavy (non-hydrogen) atoms. The van der Waals surface area contributed by atoms with Gasteiger partial charge in [0, 0.05) is 6.54 Å². The van der Waals surface area contributed by atoms with E-state index in [0.717, 1.165) is 19.3 Å². The minimum atomic E-state index is -1.06. The Morgan fingerprint density at radius 1 is 1.55 bits per heavy atom. The number of rotatable bonds is 6. The van der Waals surface area contributed by atoms with Crippen molar-refractivity contribution in [2.75, 3.05) is 6.54 Å². The van der Waals surface area contributed by atoms with Crippen molar-refractivity contribution in [3.8, 4) is 0 Å². The average molecular weight is 278 g/mol. The monoisotopic (exact) mass is 278 g/mol. The third-order valence-corrected chi connectivity index (χ3v) is 3.45. The molecule has 1 aromatic rings. The van der Waals surface area contributed by atoms with E-state index in [1.165, 1.54) is 6.20 Å². The van der Waals surface area contributed by atoms with Crippen LogP contribution in [0.15, 0.2) is 18.9 Å². The second-order valence-electron chi connectivity index (χ2n) is 4.84. The van der Waals surface area contributed by atoms with E-state index in [1.54, 1.807) is 6.08 Å². The molecule has 4 N–H and O–H groups in total. The normalized spacial score (nSPS) is 16.0. The van der Waals surface area contributed by atoms with Gasteiger partial charge in [0.1, 0.15) is 11.5 Å². The van der Waals surface area contributed by atoms with Gasteiger partial charge < -0.3 is 20.7 Å². The number of carboxylic acids is 1. The SMILES string of the molecule is C=CCCNC(=O)NC1(c2ncc(C(=O)O)[nH]2)CCC1. The van der Waals surface area contributed by atoms with Crippen LogP contribution in [0.25, 0.3) is 0 Å². The topological polar surface area (TPSA) is 107 Å². The second kappa shape index (κ2) is 5.77. The summed E-state index contributed by atoms with van der Waals surface area (Å²) in [6, 6.07) is -0.278. The highest BCUT2D eigenvalue weighted by Crippen LogP contribution is 2.39. The molecule has 0 aliphatic heterocycles. The number of urea groups is 1. The Morgan fingerprint density at radius 3 is 2.80 bits per heavy atom. The molecule has 1 aliphatic rings. The molecule has 0 aromatic carbocycles. The number of hydrogen-bond acceptors (Lipinski definition) is 3. The second-order valence-corrected chi connectivity index (χ2v) is 4.84. The number of carbonyl (C=O) groups is 2. The number of nitrogens with zero attached hydrogens (tertiary/aromatic N) is 1. The van der Waals surface area contributed by atoms with Crippen LogP contribution in [0, 0.1) is 0 Å². The maximum absolute atomic E-state index is 11.8. The molecule has 0 saturated heterocycles. The van der Waals surface area contributed by atoms with Crippen molar-refractivity contribution in [3.05, 3.63) is 30.4 Å². The summed E-state index contributed by atoms with van der Waals surface area (Å²) in [6.45, 7) is 4.10. The lowest BCUT2D eigenvalue weighted by molar-refractivity contribution is 0.0690. The first-order chi connectivity index (χ1) is 9.57. The van der Waals surface area contributed by atoms with Gasteiger partial charge in [0.25, 0.3) is 0 Å². The van der Waals surface area contributed by atoms with Crippen molar-refractivity contribution in [1.29, 1.82) is 0 Å². The predicted octanol–water partition coefficient (Wildman–Crippen LogP) is 1.36. The number of aromatic carboxylic acids is 1. The number of carboxylic acid groups (broad SMARTS) is 1. The van der Waals surface area contributed by atoms with E-state index in [1.807, 2.05) is 0 Å². The van der Waals surface area contributed by atoms with E-state index in [-0.39, 0.29) is 11.7 Å². The van der Waals surface area contributed by atoms with E-state index in [9.17, 15) is 9.59 Å². The summed E-state index contributed by atoms with van der Waals surface area (Å²) in [5, 5.41) is 14.5. The van der Waals surface area contributed by atoms with E-state index >= 15 is 0 Å². The zero-order chi connectivity index (χ0) is 14.6. The standard InChI is InChI=1S/C13H18N4O3/c1-2-3-7-14-12(20)17-13(5-4-6-13)11-15-8-9(16-11)10(18)19/h2,8H,1,3-7H2,(H,15,16)(H,18,19)(H2,14,17,20). The van der Waals surface area contributed by atoms with Crippen LogP contribution in [0.1, 0.15) is 42.0 Å². The lowest BCUT2D eigenvalue weighted by Gasteiger charge is -2.40. The first kappa shape index (κ1) is 14.1. The number of imidazole rings is 1. The van der Waals surface area contributed by atoms with Gasteiger partial charge >= 0.3 is 12.0 Å². The number of aromatic amines is 1. The summed E-state index contributed by atoms with van der Waals surface area (Å²) in [7, 11) is 0. The maximum atomic E-state index is 11.8. The van der Waals surface area contributed by atoms with Gasteiger partial charge in [-0.2, -0.15) is 0 Å². The highest BCUT2D eigenvalue weighted by molar-refractivity contribution is 5.85. The molecule has 1 heterocycles. The Bertz CT molecular complexity index is 519. The fourth-order valence-corrected chi connectivity index (χ4v) is 2.17. The van der Waals surface area contributed by atoms with Gasteiger partial charge in [-0.05, 0) is 25.7 Å². The van der Waals surface area contributed by atoms with Crippen molar-refractivity contribution in [3.63, 3.8) is 0 Å². The minimum Gasteiger partial charge on any atom is -0.477 e. The zero-order valence-corrected chi connectivity index (χ0v) is 11.1. The van der Waals surface area contributed by atoms with Crippen LogP contribution in [0.4, 0.5) is 4.79 Å². The van der Waals surface area contributed by atoms with Crippen LogP contribution >= 0.6 is 0 Å². The highest BCUT2D eigenvalue weighted by atomic mass is 16.4. The minimum absolute atomic E-state index is 0.0279. The lowest BCUT2D eigenvalue weighted by Crippen LogP contribution is -2.54. The average Bonchev–Trinajstić information content (AvgIpc) is 2.84. The van der Waals surface area contributed by atoms with Crippen molar-refractivity contribution >= 4 is 12.0 Å². The molecule has 0 spiro atoms. The number of amides is 2. The van der Waals surface area contributed by atoms with E-state index in [4.69, 9.17) is 5.11 Å². The van der Waals surface area contributed by atoms with Gasteiger partial charge in [0.2, 0.25) is 0 Å². The Balaban J connectivity index is 2.03. The molecule has 0 bridgehead atoms. The lowest BCUT2D eigenvalue weighted by atomic mass is 9.76. The number of hydrogen-bond donors (Lipinski definition) is 4. The zero-order valence-electron chi connectivity index (χ0n) is 11.1. The molecule has 1 saturated carbocycles. The molecule has 7 heteroatoms. The van der Waals surface area contributed by atoms with Gasteiger partial charge in [0.15, 0.2) is 0 Å². The van der Waals surface area contributed by atoms with Gasteiger partial charge in [-0.15, -0.1) is 6.58 Å². The van der Waals surface area contributed by atoms with Gasteiger partial charge in [-0.25, -0.2) is 14.6 Å². The van der Waals surface area contributed by atoms with Crippen LogP contribution in [0.3, 0.4) is 0 Å². The molecule has 1 aromatic heterocycles. The van der Waals surface area contributed by atoms with Gasteiger partial charge in [-0.3, -0.25) is 0 Å². The Kier molecular flexibility index (Phi) is 4.07. The third-order valence-electron chi connectivity index (χ3n) is 3.45. The molecule has 0 atom stereocenters.